The van der Waals surface area contributed by atoms with E-state index in [2.05, 4.69) is 0 Å². The summed E-state index contributed by atoms with van der Waals surface area (Å²) in [6, 6.07) is 0. The zero-order valence-corrected chi connectivity index (χ0v) is 11.8. The van der Waals surface area contributed by atoms with E-state index in [1.165, 1.54) is 4.90 Å². The van der Waals surface area contributed by atoms with Gasteiger partial charge in [-0.1, -0.05) is 0 Å². The molecule has 2 aliphatic rings. The average molecular weight is 308 g/mol. The topological polar surface area (TPSA) is 60.9 Å². The number of nitrogens with zero attached hydrogens (tertiary/aromatic N) is 2. The summed E-state index contributed by atoms with van der Waals surface area (Å²) in [6.07, 6.45) is -3.74. The molecule has 0 saturated carbocycles. The number of halogens is 3. The number of amides is 2. The molecule has 2 amide bonds. The Labute approximate surface area is 120 Å². The van der Waals surface area contributed by atoms with Crippen LogP contribution in [0.15, 0.2) is 0 Å². The zero-order valence-electron chi connectivity index (χ0n) is 11.8. The fraction of sp³-hybridized carbons (Fsp3) is 0.846. The van der Waals surface area contributed by atoms with Gasteiger partial charge >= 0.3 is 6.18 Å². The number of alkyl halides is 3. The SMILES string of the molecule is CC1(O)CCN(C(=O)C2CC(=O)N(CC(F)(F)F)C2)CC1. The van der Waals surface area contributed by atoms with Crippen LogP contribution in [0.1, 0.15) is 26.2 Å². The molecule has 0 spiro atoms. The van der Waals surface area contributed by atoms with Crippen LogP contribution in [0.2, 0.25) is 0 Å². The maximum absolute atomic E-state index is 12.3. The Morgan fingerprint density at radius 1 is 1.38 bits per heavy atom. The second-order valence-corrected chi connectivity index (χ2v) is 6.11. The first-order chi connectivity index (χ1) is 9.57. The third-order valence-electron chi connectivity index (χ3n) is 4.09. The highest BCUT2D eigenvalue weighted by Gasteiger charge is 2.42. The number of hydrogen-bond donors (Lipinski definition) is 1. The van der Waals surface area contributed by atoms with Crippen molar-refractivity contribution in [2.24, 2.45) is 5.92 Å². The average Bonchev–Trinajstić information content (AvgIpc) is 2.68. The van der Waals surface area contributed by atoms with Crippen LogP contribution in [-0.2, 0) is 9.59 Å². The molecule has 5 nitrogen and oxygen atoms in total. The Morgan fingerprint density at radius 2 is 1.95 bits per heavy atom. The number of aliphatic hydroxyl groups is 1. The lowest BCUT2D eigenvalue weighted by atomic mass is 9.93. The third kappa shape index (κ3) is 4.09. The monoisotopic (exact) mass is 308 g/mol. The van der Waals surface area contributed by atoms with E-state index in [0.717, 1.165) is 0 Å². The van der Waals surface area contributed by atoms with E-state index >= 15 is 0 Å². The van der Waals surface area contributed by atoms with Crippen LogP contribution in [0.5, 0.6) is 0 Å². The van der Waals surface area contributed by atoms with Gasteiger partial charge in [-0.05, 0) is 19.8 Å². The van der Waals surface area contributed by atoms with E-state index in [9.17, 15) is 27.9 Å². The standard InChI is InChI=1S/C13H19F3N2O3/c1-12(21)2-4-17(5-3-12)11(20)9-6-10(19)18(7-9)8-13(14,15)16/h9,21H,2-8H2,1H3. The number of likely N-dealkylation sites (tertiary alicyclic amines) is 2. The summed E-state index contributed by atoms with van der Waals surface area (Å²) in [5.41, 5.74) is -0.801. The van der Waals surface area contributed by atoms with Crippen LogP contribution in [0.25, 0.3) is 0 Å². The minimum atomic E-state index is -4.45. The second kappa shape index (κ2) is 5.47. The van der Waals surface area contributed by atoms with Gasteiger partial charge in [0.15, 0.2) is 0 Å². The minimum absolute atomic E-state index is 0.165. The summed E-state index contributed by atoms with van der Waals surface area (Å²) >= 11 is 0. The lowest BCUT2D eigenvalue weighted by molar-refractivity contribution is -0.157. The van der Waals surface area contributed by atoms with Crippen molar-refractivity contribution in [2.45, 2.75) is 38.0 Å². The van der Waals surface area contributed by atoms with Gasteiger partial charge in [0.1, 0.15) is 6.54 Å². The van der Waals surface area contributed by atoms with Crippen molar-refractivity contribution in [3.63, 3.8) is 0 Å². The number of carbonyl (C=O) groups is 2. The van der Waals surface area contributed by atoms with Gasteiger partial charge in [0.05, 0.1) is 11.5 Å². The van der Waals surface area contributed by atoms with E-state index in [4.69, 9.17) is 0 Å². The molecule has 2 fully saturated rings. The van der Waals surface area contributed by atoms with Crippen molar-refractivity contribution in [2.75, 3.05) is 26.2 Å². The van der Waals surface area contributed by atoms with Gasteiger partial charge in [-0.2, -0.15) is 13.2 Å². The van der Waals surface area contributed by atoms with E-state index < -0.39 is 30.1 Å². The van der Waals surface area contributed by atoms with Crippen LogP contribution >= 0.6 is 0 Å². The third-order valence-corrected chi connectivity index (χ3v) is 4.09. The van der Waals surface area contributed by atoms with Crippen LogP contribution in [0.4, 0.5) is 13.2 Å². The van der Waals surface area contributed by atoms with Crippen LogP contribution in [0.3, 0.4) is 0 Å². The lowest BCUT2D eigenvalue weighted by Gasteiger charge is -2.36. The number of carbonyl (C=O) groups excluding carboxylic acids is 2. The molecule has 2 rings (SSSR count). The first-order valence-corrected chi connectivity index (χ1v) is 6.93. The van der Waals surface area contributed by atoms with Crippen molar-refractivity contribution in [3.8, 4) is 0 Å². The number of hydrogen-bond acceptors (Lipinski definition) is 3. The first kappa shape index (κ1) is 16.1. The summed E-state index contributed by atoms with van der Waals surface area (Å²) in [5, 5.41) is 9.83. The highest BCUT2D eigenvalue weighted by atomic mass is 19.4. The molecule has 1 N–H and O–H groups in total. The Kier molecular flexibility index (Phi) is 4.19. The first-order valence-electron chi connectivity index (χ1n) is 6.93. The predicted molar refractivity (Wildman–Crippen MR) is 67.2 cm³/mol. The molecular formula is C13H19F3N2O3. The molecule has 8 heteroatoms. The highest BCUT2D eigenvalue weighted by Crippen LogP contribution is 2.27. The highest BCUT2D eigenvalue weighted by molar-refractivity contribution is 5.89. The molecule has 2 aliphatic heterocycles. The summed E-state index contributed by atoms with van der Waals surface area (Å²) in [7, 11) is 0. The van der Waals surface area contributed by atoms with Gasteiger partial charge in [-0.25, -0.2) is 0 Å². The van der Waals surface area contributed by atoms with Crippen LogP contribution < -0.4 is 0 Å². The molecule has 0 aromatic heterocycles. The zero-order chi connectivity index (χ0) is 15.8. The quantitative estimate of drug-likeness (QED) is 0.820. The Bertz CT molecular complexity index is 427. The predicted octanol–water partition coefficient (Wildman–Crippen LogP) is 0.771. The summed E-state index contributed by atoms with van der Waals surface area (Å²) in [5.74, 6) is -1.62. The van der Waals surface area contributed by atoms with E-state index in [1.54, 1.807) is 6.92 Å². The maximum atomic E-state index is 12.3. The summed E-state index contributed by atoms with van der Waals surface area (Å²) < 4.78 is 37.0. The molecule has 1 atom stereocenters. The molecule has 0 aliphatic carbocycles. The summed E-state index contributed by atoms with van der Waals surface area (Å²) in [4.78, 5) is 26.1. The Morgan fingerprint density at radius 3 is 2.48 bits per heavy atom. The molecular weight excluding hydrogens is 289 g/mol. The summed E-state index contributed by atoms with van der Waals surface area (Å²) in [6.45, 7) is 0.957. The van der Waals surface area contributed by atoms with Gasteiger partial charge in [-0.15, -0.1) is 0 Å². The normalized spacial score (nSPS) is 26.3. The van der Waals surface area contributed by atoms with Gasteiger partial charge in [0, 0.05) is 26.1 Å². The molecule has 0 radical (unpaired) electrons. The molecule has 0 aromatic carbocycles. The van der Waals surface area contributed by atoms with Gasteiger partial charge in [0.2, 0.25) is 11.8 Å². The minimum Gasteiger partial charge on any atom is -0.390 e. The van der Waals surface area contributed by atoms with Crippen molar-refractivity contribution in [1.82, 2.24) is 9.80 Å². The number of piperidine rings is 1. The fourth-order valence-corrected chi connectivity index (χ4v) is 2.77. The van der Waals surface area contributed by atoms with Gasteiger partial charge < -0.3 is 14.9 Å². The molecule has 0 aromatic rings. The largest absolute Gasteiger partial charge is 0.406 e. The van der Waals surface area contributed by atoms with Crippen LogP contribution in [-0.4, -0.2) is 64.7 Å². The molecule has 2 saturated heterocycles. The Hall–Kier alpha value is -1.31. The molecule has 1 unspecified atom stereocenters. The van der Waals surface area contributed by atoms with E-state index in [0.29, 0.717) is 30.8 Å². The molecule has 21 heavy (non-hydrogen) atoms. The smallest absolute Gasteiger partial charge is 0.390 e. The molecule has 120 valence electrons. The number of rotatable bonds is 2. The van der Waals surface area contributed by atoms with Gasteiger partial charge in [0.25, 0.3) is 0 Å². The molecule has 2 heterocycles. The van der Waals surface area contributed by atoms with Crippen molar-refractivity contribution < 1.29 is 27.9 Å². The maximum Gasteiger partial charge on any atom is 0.406 e. The van der Waals surface area contributed by atoms with Gasteiger partial charge in [-0.3, -0.25) is 9.59 Å². The van der Waals surface area contributed by atoms with E-state index in [-0.39, 0.29) is 18.9 Å². The second-order valence-electron chi connectivity index (χ2n) is 6.11. The fourth-order valence-electron chi connectivity index (χ4n) is 2.77. The van der Waals surface area contributed by atoms with Crippen molar-refractivity contribution in [3.05, 3.63) is 0 Å². The lowest BCUT2D eigenvalue weighted by Crippen LogP contribution is -2.47. The Balaban J connectivity index is 1.91. The molecule has 0 bridgehead atoms. The van der Waals surface area contributed by atoms with Crippen LogP contribution in [0, 0.1) is 5.92 Å². The van der Waals surface area contributed by atoms with E-state index in [1.807, 2.05) is 0 Å². The van der Waals surface area contributed by atoms with Crippen molar-refractivity contribution >= 4 is 11.8 Å². The van der Waals surface area contributed by atoms with Crippen molar-refractivity contribution in [1.29, 1.82) is 0 Å².